The molecule has 1 aliphatic heterocycles. The van der Waals surface area contributed by atoms with Crippen LogP contribution >= 0.6 is 0 Å². The van der Waals surface area contributed by atoms with E-state index in [1.807, 2.05) is 0 Å². The first-order valence-electron chi connectivity index (χ1n) is 7.08. The quantitative estimate of drug-likeness (QED) is 0.884. The molecule has 1 saturated heterocycles. The topological polar surface area (TPSA) is 23.5 Å². The molecule has 2 heteroatoms. The lowest BCUT2D eigenvalue weighted by Crippen LogP contribution is -2.36. The predicted octanol–water partition coefficient (Wildman–Crippen LogP) is 2.45. The molecule has 0 radical (unpaired) electrons. The number of rotatable bonds is 3. The van der Waals surface area contributed by atoms with Crippen molar-refractivity contribution in [2.24, 2.45) is 0 Å². The molecule has 2 fully saturated rings. The van der Waals surface area contributed by atoms with Gasteiger partial charge in [0.05, 0.1) is 5.60 Å². The Kier molecular flexibility index (Phi) is 2.95. The minimum atomic E-state index is -0.496. The van der Waals surface area contributed by atoms with Gasteiger partial charge in [-0.25, -0.2) is 0 Å². The smallest absolute Gasteiger partial charge is 0.0826 e. The van der Waals surface area contributed by atoms with Crippen molar-refractivity contribution in [3.63, 3.8) is 0 Å². The molecule has 2 aliphatic rings. The first-order valence-corrected chi connectivity index (χ1v) is 7.08. The molecule has 1 N–H and O–H groups in total. The van der Waals surface area contributed by atoms with Crippen LogP contribution in [0.1, 0.15) is 36.0 Å². The number of aryl methyl sites for hydroxylation is 2. The largest absolute Gasteiger partial charge is 0.388 e. The summed E-state index contributed by atoms with van der Waals surface area (Å²) in [5.41, 5.74) is 3.44. The van der Waals surface area contributed by atoms with Crippen molar-refractivity contribution in [1.82, 2.24) is 4.90 Å². The van der Waals surface area contributed by atoms with E-state index in [2.05, 4.69) is 36.9 Å². The average Bonchev–Trinajstić information content (AvgIpc) is 3.09. The van der Waals surface area contributed by atoms with E-state index in [-0.39, 0.29) is 0 Å². The molecule has 98 valence electrons. The molecule has 1 atom stereocenters. The fourth-order valence-corrected chi connectivity index (χ4v) is 3.08. The zero-order valence-corrected chi connectivity index (χ0v) is 11.4. The van der Waals surface area contributed by atoms with Crippen molar-refractivity contribution in [1.29, 1.82) is 0 Å². The third-order valence-electron chi connectivity index (χ3n) is 4.53. The maximum Gasteiger partial charge on any atom is 0.0826 e. The second-order valence-corrected chi connectivity index (χ2v) is 6.27. The van der Waals surface area contributed by atoms with Gasteiger partial charge in [0, 0.05) is 25.6 Å². The molecule has 1 heterocycles. The Morgan fingerprint density at radius 1 is 1.28 bits per heavy atom. The highest BCUT2D eigenvalue weighted by Crippen LogP contribution is 2.34. The normalized spacial score (nSPS) is 28.8. The van der Waals surface area contributed by atoms with Crippen LogP contribution in [0.5, 0.6) is 0 Å². The van der Waals surface area contributed by atoms with Gasteiger partial charge in [-0.3, -0.25) is 4.90 Å². The van der Waals surface area contributed by atoms with Crippen molar-refractivity contribution in [2.75, 3.05) is 13.1 Å². The van der Waals surface area contributed by atoms with E-state index in [0.29, 0.717) is 0 Å². The van der Waals surface area contributed by atoms with E-state index in [9.17, 15) is 5.11 Å². The lowest BCUT2D eigenvalue weighted by atomic mass is 9.92. The Labute approximate surface area is 110 Å². The van der Waals surface area contributed by atoms with Crippen molar-refractivity contribution in [3.05, 3.63) is 34.9 Å². The van der Waals surface area contributed by atoms with E-state index >= 15 is 0 Å². The zero-order chi connectivity index (χ0) is 12.8. The number of aliphatic hydroxyl groups is 1. The van der Waals surface area contributed by atoms with Gasteiger partial charge in [-0.1, -0.05) is 18.2 Å². The molecule has 0 bridgehead atoms. The Morgan fingerprint density at radius 2 is 2.06 bits per heavy atom. The van der Waals surface area contributed by atoms with E-state index < -0.39 is 5.60 Å². The first kappa shape index (κ1) is 12.2. The van der Waals surface area contributed by atoms with Gasteiger partial charge in [0.2, 0.25) is 0 Å². The molecule has 0 amide bonds. The monoisotopic (exact) mass is 245 g/mol. The van der Waals surface area contributed by atoms with Crippen LogP contribution in [0.15, 0.2) is 18.2 Å². The van der Waals surface area contributed by atoms with E-state index in [1.54, 1.807) is 0 Å². The number of likely N-dealkylation sites (tertiary alicyclic amines) is 1. The number of β-amino-alcohol motifs (C(OH)–C–C–N with tert-alkyl or cyclic N) is 1. The van der Waals surface area contributed by atoms with Crippen molar-refractivity contribution >= 4 is 0 Å². The summed E-state index contributed by atoms with van der Waals surface area (Å²) in [6.45, 7) is 6.23. The lowest BCUT2D eigenvalue weighted by molar-refractivity contribution is 0.0487. The fraction of sp³-hybridized carbons (Fsp3) is 0.625. The number of benzene rings is 1. The predicted molar refractivity (Wildman–Crippen MR) is 73.8 cm³/mol. The summed E-state index contributed by atoms with van der Waals surface area (Å²) >= 11 is 0. The summed E-state index contributed by atoms with van der Waals surface area (Å²) in [6, 6.07) is 7.34. The molecule has 0 aromatic heterocycles. The Balaban J connectivity index is 1.69. The molecule has 1 aliphatic carbocycles. The standard InChI is InChI=1S/C16H23NO/c1-12-3-4-14(9-13(12)2)10-16(18)7-8-17(11-16)15-5-6-15/h3-4,9,15,18H,5-8,10-11H2,1-2H3. The van der Waals surface area contributed by atoms with Crippen LogP contribution in [0.2, 0.25) is 0 Å². The molecular weight excluding hydrogens is 222 g/mol. The van der Waals surface area contributed by atoms with Crippen molar-refractivity contribution in [3.8, 4) is 0 Å². The molecule has 3 rings (SSSR count). The lowest BCUT2D eigenvalue weighted by Gasteiger charge is -2.24. The number of hydrogen-bond donors (Lipinski definition) is 1. The van der Waals surface area contributed by atoms with Crippen molar-refractivity contribution < 1.29 is 5.11 Å². The fourth-order valence-electron chi connectivity index (χ4n) is 3.08. The summed E-state index contributed by atoms with van der Waals surface area (Å²) in [6.07, 6.45) is 4.40. The van der Waals surface area contributed by atoms with Crippen LogP contribution in [0.25, 0.3) is 0 Å². The third kappa shape index (κ3) is 2.45. The summed E-state index contributed by atoms with van der Waals surface area (Å²) in [4.78, 5) is 2.47. The first-order chi connectivity index (χ1) is 8.56. The van der Waals surface area contributed by atoms with Crippen LogP contribution in [-0.4, -0.2) is 34.7 Å². The Morgan fingerprint density at radius 3 is 2.72 bits per heavy atom. The maximum absolute atomic E-state index is 10.7. The Bertz CT molecular complexity index is 452. The van der Waals surface area contributed by atoms with Gasteiger partial charge in [-0.05, 0) is 49.8 Å². The van der Waals surface area contributed by atoms with Gasteiger partial charge in [-0.2, -0.15) is 0 Å². The summed E-state index contributed by atoms with van der Waals surface area (Å²) in [5.74, 6) is 0. The zero-order valence-electron chi connectivity index (χ0n) is 11.4. The van der Waals surface area contributed by atoms with Gasteiger partial charge in [-0.15, -0.1) is 0 Å². The SMILES string of the molecule is Cc1ccc(CC2(O)CCN(C3CC3)C2)cc1C. The second kappa shape index (κ2) is 4.36. The minimum Gasteiger partial charge on any atom is -0.388 e. The molecule has 2 nitrogen and oxygen atoms in total. The maximum atomic E-state index is 10.7. The van der Waals surface area contributed by atoms with Crippen LogP contribution in [0.4, 0.5) is 0 Å². The summed E-state index contributed by atoms with van der Waals surface area (Å²) < 4.78 is 0. The highest BCUT2D eigenvalue weighted by Gasteiger charge is 2.41. The van der Waals surface area contributed by atoms with E-state index in [1.165, 1.54) is 29.5 Å². The van der Waals surface area contributed by atoms with Crippen LogP contribution < -0.4 is 0 Å². The number of nitrogens with zero attached hydrogens (tertiary/aromatic N) is 1. The summed E-state index contributed by atoms with van der Waals surface area (Å²) in [5, 5.41) is 10.7. The van der Waals surface area contributed by atoms with Gasteiger partial charge in [0.25, 0.3) is 0 Å². The third-order valence-corrected chi connectivity index (χ3v) is 4.53. The Hall–Kier alpha value is -0.860. The number of hydrogen-bond acceptors (Lipinski definition) is 2. The van der Waals surface area contributed by atoms with Crippen LogP contribution in [-0.2, 0) is 6.42 Å². The van der Waals surface area contributed by atoms with Gasteiger partial charge >= 0.3 is 0 Å². The molecule has 1 unspecified atom stereocenters. The molecule has 1 saturated carbocycles. The van der Waals surface area contributed by atoms with Gasteiger partial charge in [0.1, 0.15) is 0 Å². The van der Waals surface area contributed by atoms with E-state index in [4.69, 9.17) is 0 Å². The second-order valence-electron chi connectivity index (χ2n) is 6.27. The van der Waals surface area contributed by atoms with Gasteiger partial charge in [0.15, 0.2) is 0 Å². The molecule has 18 heavy (non-hydrogen) atoms. The highest BCUT2D eigenvalue weighted by atomic mass is 16.3. The highest BCUT2D eigenvalue weighted by molar-refractivity contribution is 5.31. The van der Waals surface area contributed by atoms with Gasteiger partial charge < -0.3 is 5.11 Å². The minimum absolute atomic E-state index is 0.496. The van der Waals surface area contributed by atoms with Crippen molar-refractivity contribution in [2.45, 2.75) is 51.2 Å². The van der Waals surface area contributed by atoms with Crippen LogP contribution in [0.3, 0.4) is 0 Å². The average molecular weight is 245 g/mol. The van der Waals surface area contributed by atoms with Crippen LogP contribution in [0, 0.1) is 13.8 Å². The molecular formula is C16H23NO. The molecule has 1 aromatic carbocycles. The van der Waals surface area contributed by atoms with E-state index in [0.717, 1.165) is 32.0 Å². The molecule has 0 spiro atoms. The summed E-state index contributed by atoms with van der Waals surface area (Å²) in [7, 11) is 0. The molecule has 1 aromatic rings.